The van der Waals surface area contributed by atoms with Gasteiger partial charge in [0.1, 0.15) is 5.75 Å². The van der Waals surface area contributed by atoms with Gasteiger partial charge >= 0.3 is 0 Å². The molecule has 0 aromatic heterocycles. The number of ether oxygens (including phenoxy) is 1. The van der Waals surface area contributed by atoms with Crippen molar-refractivity contribution in [3.8, 4) is 16.9 Å². The Bertz CT molecular complexity index is 6940. The Morgan fingerprint density at radius 1 is 0.288 bits per heavy atom. The van der Waals surface area contributed by atoms with E-state index in [1.54, 1.807) is 229 Å². The van der Waals surface area contributed by atoms with Gasteiger partial charge in [-0.15, -0.1) is 0 Å². The molecule has 10 N–H and O–H groups in total. The molecule has 0 radical (unpaired) electrons. The molecule has 0 aliphatic carbocycles. The fourth-order valence-corrected chi connectivity index (χ4v) is 22.9. The van der Waals surface area contributed by atoms with Crippen LogP contribution in [0.15, 0.2) is 285 Å². The highest BCUT2D eigenvalue weighted by molar-refractivity contribution is 7.90. The van der Waals surface area contributed by atoms with Crippen molar-refractivity contribution in [2.24, 2.45) is 0 Å². The molecule has 0 spiro atoms. The summed E-state index contributed by atoms with van der Waals surface area (Å²) in [5.41, 5.74) is 22.6. The number of nitrogens with one attached hydrogen (secondary N) is 5. The van der Waals surface area contributed by atoms with E-state index in [2.05, 4.69) is 20.8 Å². The number of methoxy groups -OCH3 is 1. The summed E-state index contributed by atoms with van der Waals surface area (Å²) in [5, 5.41) is 45.6. The molecule has 5 amide bonds. The van der Waals surface area contributed by atoms with Gasteiger partial charge in [0.05, 0.1) is 31.6 Å². The number of fused-ring (bicyclic) bond motifs is 6. The molecule has 5 aliphatic heterocycles. The molecule has 31 nitrogen and oxygen atoms in total. The van der Waals surface area contributed by atoms with Crippen LogP contribution in [0.4, 0.5) is 0 Å². The lowest BCUT2D eigenvalue weighted by molar-refractivity contribution is 0.0702. The number of benzene rings is 12. The summed E-state index contributed by atoms with van der Waals surface area (Å²) in [5.74, 6) is -2.14. The molecule has 5 heterocycles. The Morgan fingerprint density at radius 2 is 0.545 bits per heavy atom. The standard InChI is InChI=1S/C23H22N2O5S.C20H18N2O4S.C20H24N2O4S.C17H18N2O4S.C16H16N2O4S/c1-30-21-8-4-16(5-9-21)17-6-10-22(11-7-17)31(28,29)25-13-12-18-14-19(23(26)24-27)2-3-20(18)15-25;23-20(21-24)17-5-6-18-13-22(10-9-16(18)11-17)27(25,26)19-8-7-14-3-1-2-4-15(14)12-19;1-20(2,3)17-6-8-18(9-7-17)27(25,26)22-11-10-14-12-15(19(23)21-24)4-5-16(14)13-22;1-12-2-6-16(7-3-12)24(22,23)19-9-8-13-10-14(17(20)18-21)4-5-15(13)11-19;19-16(17-20)13-6-7-14-11-18(9-8-12(14)10-13)23(21,22)15-4-2-1-3-5-15/h2-11,14,27H,12-13,15H2,1H3,(H,24,26);1-8,11-12,24H,9-10,13H2,(H,21,23);4-9,12,24H,10-11,13H2,1-3H3,(H,21,23);2-7,10,21H,8-9,11H2,1H3,(H,18,20);1-7,10,20H,8-9,11H2,(H,17,19). The molecule has 0 bridgehead atoms. The second kappa shape index (κ2) is 41.5. The Morgan fingerprint density at radius 3 is 0.841 bits per heavy atom. The van der Waals surface area contributed by atoms with Gasteiger partial charge in [-0.3, -0.25) is 50.0 Å². The highest BCUT2D eigenvalue weighted by Crippen LogP contribution is 2.35. The van der Waals surface area contributed by atoms with E-state index in [1.165, 1.54) is 21.5 Å². The van der Waals surface area contributed by atoms with Crippen LogP contribution in [0.3, 0.4) is 0 Å². The minimum absolute atomic E-state index is 0.0368. The van der Waals surface area contributed by atoms with Crippen molar-refractivity contribution in [2.45, 2.75) is 122 Å². The summed E-state index contributed by atoms with van der Waals surface area (Å²) < 4.78 is 142. The van der Waals surface area contributed by atoms with E-state index in [9.17, 15) is 66.1 Å². The first-order valence-electron chi connectivity index (χ1n) is 41.8. The zero-order chi connectivity index (χ0) is 94.6. The minimum atomic E-state index is -3.65. The summed E-state index contributed by atoms with van der Waals surface area (Å²) in [6, 6.07) is 74.5. The maximum atomic E-state index is 13.2. The number of amides is 5. The summed E-state index contributed by atoms with van der Waals surface area (Å²) in [4.78, 5) is 59.0. The van der Waals surface area contributed by atoms with Gasteiger partial charge in [0, 0.05) is 93.3 Å². The Hall–Kier alpha value is -12.6. The quantitative estimate of drug-likeness (QED) is 0.0299. The molecule has 36 heteroatoms. The third-order valence-electron chi connectivity index (χ3n) is 23.4. The fourth-order valence-electron chi connectivity index (χ4n) is 15.8. The van der Waals surface area contributed by atoms with Gasteiger partial charge in [0.15, 0.2) is 0 Å². The molecule has 0 saturated carbocycles. The molecule has 688 valence electrons. The first-order valence-corrected chi connectivity index (χ1v) is 49.0. The summed E-state index contributed by atoms with van der Waals surface area (Å²) in [6.45, 7) is 11.2. The van der Waals surface area contributed by atoms with Gasteiger partial charge < -0.3 is 4.74 Å². The van der Waals surface area contributed by atoms with Gasteiger partial charge in [-0.25, -0.2) is 69.5 Å². The van der Waals surface area contributed by atoms with Crippen LogP contribution in [0.1, 0.15) is 139 Å². The van der Waals surface area contributed by atoms with Crippen molar-refractivity contribution in [3.63, 3.8) is 0 Å². The first-order chi connectivity index (χ1) is 63.0. The first kappa shape index (κ1) is 96.9. The van der Waals surface area contributed by atoms with Crippen LogP contribution in [0.5, 0.6) is 5.75 Å². The molecule has 0 fully saturated rings. The van der Waals surface area contributed by atoms with Crippen molar-refractivity contribution in [1.82, 2.24) is 48.9 Å². The van der Waals surface area contributed by atoms with E-state index in [-0.39, 0.29) is 62.6 Å². The molecule has 0 atom stereocenters. The number of hydrogen-bond acceptors (Lipinski definition) is 21. The third-order valence-corrected chi connectivity index (χ3v) is 32.7. The maximum absolute atomic E-state index is 13.2. The zero-order valence-corrected chi connectivity index (χ0v) is 76.6. The van der Waals surface area contributed by atoms with E-state index in [0.717, 1.165) is 94.4 Å². The van der Waals surface area contributed by atoms with Crippen molar-refractivity contribution >= 4 is 90.4 Å². The Labute approximate surface area is 765 Å². The average molecular weight is 1890 g/mol. The van der Waals surface area contributed by atoms with E-state index in [1.807, 2.05) is 73.7 Å². The Kier molecular flexibility index (Phi) is 30.4. The topological polar surface area (TPSA) is 443 Å². The molecular weight excluding hydrogens is 1790 g/mol. The fraction of sp³-hybridized carbons (Fsp3) is 0.219. The normalized spacial score (nSPS) is 14.7. The predicted octanol–water partition coefficient (Wildman–Crippen LogP) is 12.2. The largest absolute Gasteiger partial charge is 0.497 e. The second-order valence-electron chi connectivity index (χ2n) is 32.7. The maximum Gasteiger partial charge on any atom is 0.274 e. The molecule has 12 aromatic carbocycles. The van der Waals surface area contributed by atoms with Crippen LogP contribution in [-0.4, -0.2) is 159 Å². The number of nitrogens with zero attached hydrogens (tertiary/aromatic N) is 5. The zero-order valence-electron chi connectivity index (χ0n) is 72.5. The number of carbonyl (C=O) groups excluding carboxylic acids is 5. The molecule has 0 unspecified atom stereocenters. The SMILES string of the molecule is CC(C)(C)c1ccc(S(=O)(=O)N2CCc3cc(C(=O)NO)ccc3C2)cc1.COc1ccc(-c2ccc(S(=O)(=O)N3CCc4cc(C(=O)NO)ccc4C3)cc2)cc1.Cc1ccc(S(=O)(=O)N2CCc3cc(C(=O)NO)ccc3C2)cc1.O=C(NO)c1ccc2c(c1)CCN(S(=O)(=O)c1ccc3ccccc3c1)C2.O=C(NO)c1ccc2c(c1)CCN(S(=O)(=O)c1ccccc1)C2. The van der Waals surface area contributed by atoms with Gasteiger partial charge in [-0.1, -0.05) is 154 Å². The number of sulfonamides is 5. The van der Waals surface area contributed by atoms with Crippen LogP contribution < -0.4 is 32.1 Å². The van der Waals surface area contributed by atoms with E-state index in [4.69, 9.17) is 30.8 Å². The lowest BCUT2D eigenvalue weighted by atomic mass is 9.87. The molecule has 132 heavy (non-hydrogen) atoms. The van der Waals surface area contributed by atoms with Crippen LogP contribution >= 0.6 is 0 Å². The van der Waals surface area contributed by atoms with Crippen molar-refractivity contribution < 1.29 is 96.8 Å². The smallest absolute Gasteiger partial charge is 0.274 e. The number of hydroxylamine groups is 5. The highest BCUT2D eigenvalue weighted by atomic mass is 32.2. The lowest BCUT2D eigenvalue weighted by Crippen LogP contribution is -2.36. The van der Waals surface area contributed by atoms with E-state index in [0.29, 0.717) is 92.6 Å². The minimum Gasteiger partial charge on any atom is -0.497 e. The number of carbonyl (C=O) groups is 5. The molecule has 0 saturated heterocycles. The summed E-state index contributed by atoms with van der Waals surface area (Å²) >= 11 is 0. The third kappa shape index (κ3) is 22.2. The van der Waals surface area contributed by atoms with Crippen molar-refractivity contribution in [3.05, 3.63) is 355 Å². The monoisotopic (exact) mass is 1890 g/mol. The van der Waals surface area contributed by atoms with Crippen LogP contribution in [0.2, 0.25) is 0 Å². The lowest BCUT2D eigenvalue weighted by Gasteiger charge is -2.28. The second-order valence-corrected chi connectivity index (χ2v) is 42.4. The average Bonchev–Trinajstić information content (AvgIpc) is 0.798. The number of aryl methyl sites for hydroxylation is 1. The van der Waals surface area contributed by atoms with Gasteiger partial charge in [0.2, 0.25) is 50.1 Å². The van der Waals surface area contributed by atoms with Gasteiger partial charge in [0.25, 0.3) is 29.5 Å². The van der Waals surface area contributed by atoms with Crippen molar-refractivity contribution in [1.29, 1.82) is 0 Å². The molecule has 5 aliphatic rings. The number of hydrogen-bond donors (Lipinski definition) is 10. The van der Waals surface area contributed by atoms with E-state index < -0.39 is 79.7 Å². The number of rotatable bonds is 17. The van der Waals surface area contributed by atoms with Gasteiger partial charge in [-0.05, 0) is 261 Å². The molecular formula is C96H98N10O21S5. The molecule has 17 rings (SSSR count). The van der Waals surface area contributed by atoms with E-state index >= 15 is 0 Å². The molecule has 12 aromatic rings. The highest BCUT2D eigenvalue weighted by Gasteiger charge is 2.35. The van der Waals surface area contributed by atoms with Crippen LogP contribution in [-0.2, 0) is 120 Å². The van der Waals surface area contributed by atoms with Gasteiger partial charge in [-0.2, -0.15) is 21.5 Å². The van der Waals surface area contributed by atoms with Crippen LogP contribution in [0.25, 0.3) is 21.9 Å². The Balaban J connectivity index is 0.000000141. The van der Waals surface area contributed by atoms with Crippen molar-refractivity contribution in [2.75, 3.05) is 39.8 Å². The predicted molar refractivity (Wildman–Crippen MR) is 490 cm³/mol. The summed E-state index contributed by atoms with van der Waals surface area (Å²) in [6.07, 6.45) is 2.56. The summed E-state index contributed by atoms with van der Waals surface area (Å²) in [7, 11) is -16.3. The van der Waals surface area contributed by atoms with Crippen LogP contribution in [0, 0.1) is 6.92 Å².